The molecule has 1 aliphatic rings. The summed E-state index contributed by atoms with van der Waals surface area (Å²) >= 11 is 0. The average molecular weight is 275 g/mol. The molecule has 0 spiro atoms. The van der Waals surface area contributed by atoms with Gasteiger partial charge in [0.1, 0.15) is 6.04 Å². The number of nitrogens with zero attached hydrogens (tertiary/aromatic N) is 1. The summed E-state index contributed by atoms with van der Waals surface area (Å²) in [6.07, 6.45) is 2.31. The van der Waals surface area contributed by atoms with Crippen molar-refractivity contribution in [1.29, 1.82) is 0 Å². The minimum Gasteiger partial charge on any atom is -0.480 e. The maximum Gasteiger partial charge on any atom is 0.326 e. The van der Waals surface area contributed by atoms with E-state index in [1.165, 1.54) is 11.0 Å². The lowest BCUT2D eigenvalue weighted by atomic mass is 10.1. The molecule has 1 aromatic carbocycles. The fourth-order valence-electron chi connectivity index (χ4n) is 2.33. The molecular formula is C15H17NO4. The van der Waals surface area contributed by atoms with E-state index in [0.717, 1.165) is 11.1 Å². The third-order valence-corrected chi connectivity index (χ3v) is 3.31. The van der Waals surface area contributed by atoms with Gasteiger partial charge < -0.3 is 15.1 Å². The Morgan fingerprint density at radius 1 is 1.40 bits per heavy atom. The van der Waals surface area contributed by atoms with Crippen molar-refractivity contribution in [2.75, 3.05) is 6.54 Å². The van der Waals surface area contributed by atoms with Gasteiger partial charge >= 0.3 is 5.97 Å². The number of aliphatic carboxylic acids is 1. The number of carboxylic acids is 1. The molecule has 106 valence electrons. The molecule has 1 amide bonds. The zero-order chi connectivity index (χ0) is 14.7. The van der Waals surface area contributed by atoms with E-state index in [9.17, 15) is 14.7 Å². The number of aliphatic hydroxyl groups is 1. The Balaban J connectivity index is 2.09. The summed E-state index contributed by atoms with van der Waals surface area (Å²) in [5.74, 6) is -1.48. The van der Waals surface area contributed by atoms with Crippen LogP contribution in [0.1, 0.15) is 17.5 Å². The number of β-amino-alcohol motifs (C(OH)–C–C–N with tert-alkyl or cyclic N) is 1. The number of amides is 1. The third-order valence-electron chi connectivity index (χ3n) is 3.31. The summed E-state index contributed by atoms with van der Waals surface area (Å²) in [6.45, 7) is 2.02. The van der Waals surface area contributed by atoms with Crippen LogP contribution < -0.4 is 0 Å². The number of likely N-dealkylation sites (tertiary alicyclic amines) is 1. The highest BCUT2D eigenvalue weighted by Gasteiger charge is 2.37. The van der Waals surface area contributed by atoms with Gasteiger partial charge in [-0.05, 0) is 18.6 Å². The highest BCUT2D eigenvalue weighted by molar-refractivity contribution is 5.94. The van der Waals surface area contributed by atoms with Crippen molar-refractivity contribution in [2.24, 2.45) is 0 Å². The zero-order valence-corrected chi connectivity index (χ0v) is 11.2. The molecule has 5 heteroatoms. The van der Waals surface area contributed by atoms with Gasteiger partial charge in [-0.2, -0.15) is 0 Å². The first kappa shape index (κ1) is 14.3. The van der Waals surface area contributed by atoms with Gasteiger partial charge in [-0.15, -0.1) is 0 Å². The first-order valence-electron chi connectivity index (χ1n) is 6.43. The lowest BCUT2D eigenvalue weighted by Gasteiger charge is -2.19. The van der Waals surface area contributed by atoms with Gasteiger partial charge in [0.25, 0.3) is 0 Å². The van der Waals surface area contributed by atoms with Crippen LogP contribution in [0.15, 0.2) is 30.3 Å². The van der Waals surface area contributed by atoms with E-state index in [0.29, 0.717) is 0 Å². The molecule has 2 N–H and O–H groups in total. The molecule has 1 aromatic rings. The van der Waals surface area contributed by atoms with Crippen LogP contribution in [0.25, 0.3) is 6.08 Å². The standard InChI is InChI=1S/C15H17NO4/c1-10-3-2-4-11(7-10)5-6-14(18)16-9-12(17)8-13(16)15(19)20/h2-7,12-13,17H,8-9H2,1H3,(H,19,20)/t12-,13-/m0/s1. The number of hydrogen-bond donors (Lipinski definition) is 2. The molecule has 1 fully saturated rings. The fourth-order valence-corrected chi connectivity index (χ4v) is 2.33. The molecule has 0 aliphatic carbocycles. The highest BCUT2D eigenvalue weighted by atomic mass is 16.4. The molecule has 1 aliphatic heterocycles. The van der Waals surface area contributed by atoms with E-state index in [4.69, 9.17) is 5.11 Å². The largest absolute Gasteiger partial charge is 0.480 e. The second-order valence-electron chi connectivity index (χ2n) is 4.98. The van der Waals surface area contributed by atoms with Crippen LogP contribution in [-0.4, -0.2) is 45.7 Å². The van der Waals surface area contributed by atoms with Gasteiger partial charge in [0.2, 0.25) is 5.91 Å². The van der Waals surface area contributed by atoms with Crippen molar-refractivity contribution < 1.29 is 19.8 Å². The van der Waals surface area contributed by atoms with Crippen molar-refractivity contribution >= 4 is 18.0 Å². The SMILES string of the molecule is Cc1cccc(C=CC(=O)N2C[C@@H](O)C[C@H]2C(=O)O)c1. The molecule has 2 rings (SSSR count). The summed E-state index contributed by atoms with van der Waals surface area (Å²) < 4.78 is 0. The molecular weight excluding hydrogens is 258 g/mol. The summed E-state index contributed by atoms with van der Waals surface area (Å²) in [4.78, 5) is 24.3. The second kappa shape index (κ2) is 5.88. The van der Waals surface area contributed by atoms with Gasteiger partial charge in [0, 0.05) is 19.0 Å². The number of carboxylic acid groups (broad SMARTS) is 1. The Hall–Kier alpha value is -2.14. The number of rotatable bonds is 3. The van der Waals surface area contributed by atoms with E-state index in [1.54, 1.807) is 6.08 Å². The first-order valence-corrected chi connectivity index (χ1v) is 6.43. The van der Waals surface area contributed by atoms with E-state index in [1.807, 2.05) is 31.2 Å². The van der Waals surface area contributed by atoms with E-state index in [2.05, 4.69) is 0 Å². The van der Waals surface area contributed by atoms with Crippen molar-refractivity contribution in [2.45, 2.75) is 25.5 Å². The Kier molecular flexibility index (Phi) is 4.20. The number of hydrogen-bond acceptors (Lipinski definition) is 3. The van der Waals surface area contributed by atoms with E-state index >= 15 is 0 Å². The number of benzene rings is 1. The Morgan fingerprint density at radius 2 is 2.15 bits per heavy atom. The Bertz CT molecular complexity index is 553. The number of carbonyl (C=O) groups excluding carboxylic acids is 1. The van der Waals surface area contributed by atoms with Gasteiger partial charge in [0.15, 0.2) is 0 Å². The summed E-state index contributed by atoms with van der Waals surface area (Å²) in [7, 11) is 0. The number of aliphatic hydroxyl groups excluding tert-OH is 1. The fraction of sp³-hybridized carbons (Fsp3) is 0.333. The minimum absolute atomic E-state index is 0.0634. The summed E-state index contributed by atoms with van der Waals surface area (Å²) in [5.41, 5.74) is 1.96. The van der Waals surface area contributed by atoms with Crippen LogP contribution in [0.2, 0.25) is 0 Å². The van der Waals surface area contributed by atoms with Gasteiger partial charge in [-0.25, -0.2) is 4.79 Å². The minimum atomic E-state index is -1.08. The van der Waals surface area contributed by atoms with E-state index in [-0.39, 0.29) is 13.0 Å². The van der Waals surface area contributed by atoms with Crippen LogP contribution >= 0.6 is 0 Å². The molecule has 2 atom stereocenters. The molecule has 1 saturated heterocycles. The van der Waals surface area contributed by atoms with Crippen LogP contribution in [0.4, 0.5) is 0 Å². The molecule has 0 aromatic heterocycles. The maximum absolute atomic E-state index is 12.0. The van der Waals surface area contributed by atoms with Crippen LogP contribution in [0.3, 0.4) is 0 Å². The highest BCUT2D eigenvalue weighted by Crippen LogP contribution is 2.19. The second-order valence-corrected chi connectivity index (χ2v) is 4.98. The third kappa shape index (κ3) is 3.24. The molecule has 5 nitrogen and oxygen atoms in total. The van der Waals surface area contributed by atoms with Crippen molar-refractivity contribution in [3.63, 3.8) is 0 Å². The molecule has 0 radical (unpaired) electrons. The Morgan fingerprint density at radius 3 is 2.80 bits per heavy atom. The predicted molar refractivity (Wildman–Crippen MR) is 74.0 cm³/mol. The van der Waals surface area contributed by atoms with Gasteiger partial charge in [0.05, 0.1) is 6.10 Å². The topological polar surface area (TPSA) is 77.8 Å². The normalized spacial score (nSPS) is 22.4. The van der Waals surface area contributed by atoms with Crippen molar-refractivity contribution in [1.82, 2.24) is 4.90 Å². The van der Waals surface area contributed by atoms with Gasteiger partial charge in [-0.3, -0.25) is 4.79 Å². The predicted octanol–water partition coefficient (Wildman–Crippen LogP) is 1.05. The Labute approximate surface area is 117 Å². The maximum atomic E-state index is 12.0. The molecule has 0 saturated carbocycles. The summed E-state index contributed by atoms with van der Waals surface area (Å²) in [6, 6.07) is 6.69. The summed E-state index contributed by atoms with van der Waals surface area (Å²) in [5, 5.41) is 18.6. The lowest BCUT2D eigenvalue weighted by molar-refractivity contribution is -0.146. The van der Waals surface area contributed by atoms with E-state index < -0.39 is 24.0 Å². The van der Waals surface area contributed by atoms with Crippen LogP contribution in [0.5, 0.6) is 0 Å². The first-order chi connectivity index (χ1) is 9.47. The molecule has 20 heavy (non-hydrogen) atoms. The van der Waals surface area contributed by atoms with Crippen LogP contribution in [-0.2, 0) is 9.59 Å². The van der Waals surface area contributed by atoms with Gasteiger partial charge in [-0.1, -0.05) is 29.8 Å². The quantitative estimate of drug-likeness (QED) is 0.808. The van der Waals surface area contributed by atoms with Crippen molar-refractivity contribution in [3.05, 3.63) is 41.5 Å². The zero-order valence-electron chi connectivity index (χ0n) is 11.2. The number of aryl methyl sites for hydroxylation is 1. The molecule has 1 heterocycles. The van der Waals surface area contributed by atoms with Crippen molar-refractivity contribution in [3.8, 4) is 0 Å². The number of carbonyl (C=O) groups is 2. The average Bonchev–Trinajstić information content (AvgIpc) is 2.78. The monoisotopic (exact) mass is 275 g/mol. The molecule has 0 unspecified atom stereocenters. The molecule has 0 bridgehead atoms. The smallest absolute Gasteiger partial charge is 0.326 e. The lowest BCUT2D eigenvalue weighted by Crippen LogP contribution is -2.39. The van der Waals surface area contributed by atoms with Crippen LogP contribution in [0, 0.1) is 6.92 Å².